The molecule has 0 amide bonds. The lowest BCUT2D eigenvalue weighted by molar-refractivity contribution is 0.0600. The van der Waals surface area contributed by atoms with Gasteiger partial charge in [-0.2, -0.15) is 0 Å². The average Bonchev–Trinajstić information content (AvgIpc) is 2.81. The second kappa shape index (κ2) is 4.69. The number of hydrogen-bond donors (Lipinski definition) is 0. The third kappa shape index (κ3) is 2.11. The second-order valence-corrected chi connectivity index (χ2v) is 4.33. The summed E-state index contributed by atoms with van der Waals surface area (Å²) in [6.07, 6.45) is 1.62. The number of ether oxygens (including phenoxy) is 1. The van der Waals surface area contributed by atoms with Crippen molar-refractivity contribution in [3.05, 3.63) is 45.7 Å². The van der Waals surface area contributed by atoms with Crippen LogP contribution >= 0.6 is 22.6 Å². The van der Waals surface area contributed by atoms with Gasteiger partial charge in [0, 0.05) is 9.13 Å². The summed E-state index contributed by atoms with van der Waals surface area (Å²) in [5, 5.41) is 0. The predicted molar refractivity (Wildman–Crippen MR) is 68.2 cm³/mol. The van der Waals surface area contributed by atoms with E-state index in [4.69, 9.17) is 4.42 Å². The van der Waals surface area contributed by atoms with Crippen molar-refractivity contribution in [2.75, 3.05) is 7.11 Å². The van der Waals surface area contributed by atoms with E-state index in [-0.39, 0.29) is 5.97 Å². The van der Waals surface area contributed by atoms with Gasteiger partial charge in [0.1, 0.15) is 5.76 Å². The van der Waals surface area contributed by atoms with Gasteiger partial charge in [-0.1, -0.05) is 0 Å². The molecule has 0 atom stereocenters. The molecular formula is C12H9IO3. The highest BCUT2D eigenvalue weighted by Gasteiger charge is 2.10. The number of carbonyl (C=O) groups excluding carboxylic acids is 1. The molecule has 0 saturated heterocycles. The van der Waals surface area contributed by atoms with Crippen LogP contribution in [0.4, 0.5) is 0 Å². The molecule has 0 bridgehead atoms. The molecule has 2 rings (SSSR count). The molecule has 0 aliphatic carbocycles. The Bertz CT molecular complexity index is 503. The number of benzene rings is 1. The minimum absolute atomic E-state index is 0.330. The first-order valence-electron chi connectivity index (χ1n) is 4.64. The summed E-state index contributed by atoms with van der Waals surface area (Å²) in [6, 6.07) is 9.08. The van der Waals surface area contributed by atoms with Crippen LogP contribution in [0.5, 0.6) is 0 Å². The van der Waals surface area contributed by atoms with Crippen LogP contribution < -0.4 is 0 Å². The summed E-state index contributed by atoms with van der Waals surface area (Å²) in [5.41, 5.74) is 1.51. The molecule has 2 aromatic rings. The van der Waals surface area contributed by atoms with Crippen molar-refractivity contribution < 1.29 is 13.9 Å². The molecule has 0 aliphatic rings. The molecule has 82 valence electrons. The van der Waals surface area contributed by atoms with Crippen molar-refractivity contribution in [2.45, 2.75) is 0 Å². The Morgan fingerprint density at radius 3 is 2.75 bits per heavy atom. The van der Waals surface area contributed by atoms with E-state index in [0.717, 1.165) is 14.9 Å². The van der Waals surface area contributed by atoms with Crippen LogP contribution in [0.1, 0.15) is 10.4 Å². The summed E-state index contributed by atoms with van der Waals surface area (Å²) in [7, 11) is 1.37. The smallest absolute Gasteiger partial charge is 0.337 e. The maximum atomic E-state index is 11.3. The van der Waals surface area contributed by atoms with Crippen molar-refractivity contribution in [3.63, 3.8) is 0 Å². The zero-order valence-corrected chi connectivity index (χ0v) is 10.7. The minimum atomic E-state index is -0.330. The van der Waals surface area contributed by atoms with Gasteiger partial charge < -0.3 is 9.15 Å². The Hall–Kier alpha value is -1.30. The summed E-state index contributed by atoms with van der Waals surface area (Å²) >= 11 is 2.17. The number of hydrogen-bond acceptors (Lipinski definition) is 3. The fourth-order valence-electron chi connectivity index (χ4n) is 1.39. The van der Waals surface area contributed by atoms with Gasteiger partial charge in [-0.25, -0.2) is 4.79 Å². The Balaban J connectivity index is 2.41. The second-order valence-electron chi connectivity index (χ2n) is 3.16. The number of halogens is 1. The summed E-state index contributed by atoms with van der Waals surface area (Å²) < 4.78 is 10.9. The minimum Gasteiger partial charge on any atom is -0.465 e. The molecule has 0 fully saturated rings. The van der Waals surface area contributed by atoms with Gasteiger partial charge in [0.05, 0.1) is 18.9 Å². The number of rotatable bonds is 2. The molecular weight excluding hydrogens is 319 g/mol. The van der Waals surface area contributed by atoms with Crippen LogP contribution in [0.25, 0.3) is 11.3 Å². The van der Waals surface area contributed by atoms with E-state index in [0.29, 0.717) is 5.56 Å². The molecule has 0 saturated carbocycles. The lowest BCUT2D eigenvalue weighted by Crippen LogP contribution is -2.01. The summed E-state index contributed by atoms with van der Waals surface area (Å²) in [5.74, 6) is 0.463. The molecule has 16 heavy (non-hydrogen) atoms. The zero-order chi connectivity index (χ0) is 11.5. The lowest BCUT2D eigenvalue weighted by atomic mass is 10.1. The molecule has 0 aliphatic heterocycles. The highest BCUT2D eigenvalue weighted by Crippen LogP contribution is 2.26. The highest BCUT2D eigenvalue weighted by molar-refractivity contribution is 14.1. The van der Waals surface area contributed by atoms with Crippen molar-refractivity contribution >= 4 is 28.6 Å². The van der Waals surface area contributed by atoms with E-state index in [9.17, 15) is 4.79 Å². The fraction of sp³-hybridized carbons (Fsp3) is 0.0833. The Morgan fingerprint density at radius 1 is 1.38 bits per heavy atom. The monoisotopic (exact) mass is 328 g/mol. The first kappa shape index (κ1) is 11.2. The molecule has 0 spiro atoms. The van der Waals surface area contributed by atoms with E-state index in [2.05, 4.69) is 27.3 Å². The van der Waals surface area contributed by atoms with Crippen LogP contribution in [-0.4, -0.2) is 13.1 Å². The summed E-state index contributed by atoms with van der Waals surface area (Å²) in [6.45, 7) is 0. The number of methoxy groups -OCH3 is 1. The van der Waals surface area contributed by atoms with Crippen molar-refractivity contribution in [1.82, 2.24) is 0 Å². The summed E-state index contributed by atoms with van der Waals surface area (Å²) in [4.78, 5) is 11.3. The maximum absolute atomic E-state index is 11.3. The van der Waals surface area contributed by atoms with E-state index >= 15 is 0 Å². The largest absolute Gasteiger partial charge is 0.465 e. The van der Waals surface area contributed by atoms with Crippen LogP contribution in [-0.2, 0) is 4.74 Å². The van der Waals surface area contributed by atoms with Gasteiger partial charge in [0.2, 0.25) is 0 Å². The van der Waals surface area contributed by atoms with E-state index in [1.807, 2.05) is 18.2 Å². The third-order valence-electron chi connectivity index (χ3n) is 2.18. The first-order valence-corrected chi connectivity index (χ1v) is 5.72. The Morgan fingerprint density at radius 2 is 2.19 bits per heavy atom. The van der Waals surface area contributed by atoms with Crippen LogP contribution in [0.15, 0.2) is 41.0 Å². The van der Waals surface area contributed by atoms with Gasteiger partial charge in [0.25, 0.3) is 0 Å². The van der Waals surface area contributed by atoms with Gasteiger partial charge in [-0.3, -0.25) is 0 Å². The highest BCUT2D eigenvalue weighted by atomic mass is 127. The van der Waals surface area contributed by atoms with Gasteiger partial charge in [-0.05, 0) is 52.9 Å². The van der Waals surface area contributed by atoms with E-state index in [1.165, 1.54) is 7.11 Å². The van der Waals surface area contributed by atoms with Crippen LogP contribution in [0.3, 0.4) is 0 Å². The zero-order valence-electron chi connectivity index (χ0n) is 8.57. The molecule has 1 heterocycles. The molecule has 0 unspecified atom stereocenters. The lowest BCUT2D eigenvalue weighted by Gasteiger charge is -2.04. The topological polar surface area (TPSA) is 39.4 Å². The average molecular weight is 328 g/mol. The molecule has 3 nitrogen and oxygen atoms in total. The third-order valence-corrected chi connectivity index (χ3v) is 3.07. The first-order chi connectivity index (χ1) is 7.72. The normalized spacial score (nSPS) is 10.1. The van der Waals surface area contributed by atoms with Crippen molar-refractivity contribution in [2.24, 2.45) is 0 Å². The Labute approximate surface area is 107 Å². The number of carbonyl (C=O) groups is 1. The maximum Gasteiger partial charge on any atom is 0.337 e. The Kier molecular flexibility index (Phi) is 3.28. The number of esters is 1. The quantitative estimate of drug-likeness (QED) is 0.627. The number of furan rings is 1. The predicted octanol–water partition coefficient (Wildman–Crippen LogP) is 3.34. The molecule has 0 N–H and O–H groups in total. The van der Waals surface area contributed by atoms with Gasteiger partial charge in [-0.15, -0.1) is 0 Å². The van der Waals surface area contributed by atoms with Crippen molar-refractivity contribution in [3.8, 4) is 11.3 Å². The molecule has 0 radical (unpaired) electrons. The van der Waals surface area contributed by atoms with Crippen LogP contribution in [0, 0.1) is 3.57 Å². The van der Waals surface area contributed by atoms with Crippen molar-refractivity contribution in [1.29, 1.82) is 0 Å². The molecule has 1 aromatic heterocycles. The molecule has 1 aromatic carbocycles. The fourth-order valence-corrected chi connectivity index (χ4v) is 2.17. The SMILES string of the molecule is COC(=O)c1ccc(-c2ccco2)c(I)c1. The molecule has 4 heteroatoms. The standard InChI is InChI=1S/C12H9IO3/c1-15-12(14)8-4-5-9(10(13)7-8)11-3-2-6-16-11/h2-7H,1H3. The van der Waals surface area contributed by atoms with Crippen LogP contribution in [0.2, 0.25) is 0 Å². The van der Waals surface area contributed by atoms with E-state index in [1.54, 1.807) is 18.4 Å². The van der Waals surface area contributed by atoms with E-state index < -0.39 is 0 Å². The van der Waals surface area contributed by atoms with Gasteiger partial charge in [0.15, 0.2) is 0 Å². The van der Waals surface area contributed by atoms with Gasteiger partial charge >= 0.3 is 5.97 Å².